The molecule has 6 heteroatoms. The highest BCUT2D eigenvalue weighted by Gasteiger charge is 2.43. The van der Waals surface area contributed by atoms with Crippen LogP contribution in [0.3, 0.4) is 0 Å². The highest BCUT2D eigenvalue weighted by molar-refractivity contribution is 6.22. The van der Waals surface area contributed by atoms with Gasteiger partial charge in [0.1, 0.15) is 6.04 Å². The Kier molecular flexibility index (Phi) is 6.62. The summed E-state index contributed by atoms with van der Waals surface area (Å²) in [7, 11) is 0. The number of alkyl halides is 1. The minimum Gasteiger partial charge on any atom is -0.336 e. The Balaban J connectivity index is 1.27. The van der Waals surface area contributed by atoms with Crippen molar-refractivity contribution in [3.63, 3.8) is 0 Å². The van der Waals surface area contributed by atoms with Crippen molar-refractivity contribution in [3.8, 4) is 0 Å². The minimum absolute atomic E-state index is 0.101. The topological polar surface area (TPSA) is 43.9 Å². The summed E-state index contributed by atoms with van der Waals surface area (Å²) in [5.74, 6) is 0.764. The van der Waals surface area contributed by atoms with E-state index in [1.54, 1.807) is 0 Å². The van der Waals surface area contributed by atoms with Gasteiger partial charge in [-0.05, 0) is 49.7 Å². The van der Waals surface area contributed by atoms with Crippen LogP contribution in [0.1, 0.15) is 43.2 Å². The lowest BCUT2D eigenvalue weighted by Gasteiger charge is -2.39. The SMILES string of the molecule is Cc1ccc(CN2C(=O)CCC2C(=O)N2CC3CCC2CN(CC2=CCC(Cl)C=C2)C3)cc1. The molecular formula is C27H34ClN3O2. The van der Waals surface area contributed by atoms with Gasteiger partial charge in [0, 0.05) is 45.2 Å². The van der Waals surface area contributed by atoms with Crippen LogP contribution in [0.25, 0.3) is 0 Å². The molecule has 2 bridgehead atoms. The molecule has 0 aromatic heterocycles. The van der Waals surface area contributed by atoms with Gasteiger partial charge in [-0.25, -0.2) is 0 Å². The normalized spacial score (nSPS) is 30.0. The van der Waals surface area contributed by atoms with Crippen molar-refractivity contribution < 1.29 is 9.59 Å². The molecule has 4 heterocycles. The number of hydrogen-bond donors (Lipinski definition) is 0. The fourth-order valence-corrected chi connectivity index (χ4v) is 6.02. The Morgan fingerprint density at radius 1 is 1.06 bits per heavy atom. The number of allylic oxidation sites excluding steroid dienone is 2. The van der Waals surface area contributed by atoms with Gasteiger partial charge in [0.15, 0.2) is 0 Å². The van der Waals surface area contributed by atoms with Crippen molar-refractivity contribution in [1.82, 2.24) is 14.7 Å². The second kappa shape index (κ2) is 9.63. The Morgan fingerprint density at radius 2 is 1.88 bits per heavy atom. The fraction of sp³-hybridized carbons (Fsp3) is 0.556. The molecule has 5 nitrogen and oxygen atoms in total. The van der Waals surface area contributed by atoms with Crippen molar-refractivity contribution >= 4 is 23.4 Å². The van der Waals surface area contributed by atoms with Crippen LogP contribution in [-0.4, -0.2) is 70.2 Å². The number of rotatable bonds is 5. The fourth-order valence-electron chi connectivity index (χ4n) is 5.86. The molecule has 0 spiro atoms. The second-order valence-corrected chi connectivity index (χ2v) is 10.8. The molecule has 176 valence electrons. The third-order valence-electron chi connectivity index (χ3n) is 7.69. The number of fused-ring (bicyclic) bond motifs is 4. The van der Waals surface area contributed by atoms with Gasteiger partial charge in [-0.15, -0.1) is 11.6 Å². The first-order chi connectivity index (χ1) is 16.0. The van der Waals surface area contributed by atoms with Crippen LogP contribution in [-0.2, 0) is 16.1 Å². The lowest BCUT2D eigenvalue weighted by Crippen LogP contribution is -2.54. The molecule has 0 saturated carbocycles. The van der Waals surface area contributed by atoms with Gasteiger partial charge >= 0.3 is 0 Å². The smallest absolute Gasteiger partial charge is 0.245 e. The minimum atomic E-state index is -0.323. The molecule has 4 aliphatic heterocycles. The van der Waals surface area contributed by atoms with E-state index in [2.05, 4.69) is 59.2 Å². The van der Waals surface area contributed by atoms with E-state index in [0.717, 1.165) is 44.6 Å². The molecule has 33 heavy (non-hydrogen) atoms. The van der Waals surface area contributed by atoms with Crippen LogP contribution >= 0.6 is 11.6 Å². The van der Waals surface area contributed by atoms with E-state index >= 15 is 0 Å². The number of likely N-dealkylation sites (tertiary alicyclic amines) is 1. The Bertz CT molecular complexity index is 957. The van der Waals surface area contributed by atoms with Gasteiger partial charge in [0.05, 0.1) is 5.38 Å². The molecular weight excluding hydrogens is 434 g/mol. The average molecular weight is 468 g/mol. The molecule has 4 fully saturated rings. The molecule has 4 unspecified atom stereocenters. The molecule has 4 atom stereocenters. The number of benzene rings is 1. The summed E-state index contributed by atoms with van der Waals surface area (Å²) in [6, 6.07) is 8.18. The lowest BCUT2D eigenvalue weighted by molar-refractivity contribution is -0.144. The van der Waals surface area contributed by atoms with Crippen LogP contribution in [0, 0.1) is 12.8 Å². The first-order valence-corrected chi connectivity index (χ1v) is 12.8. The van der Waals surface area contributed by atoms with E-state index in [4.69, 9.17) is 11.6 Å². The third kappa shape index (κ3) is 5.04. The van der Waals surface area contributed by atoms with E-state index in [1.807, 2.05) is 4.90 Å². The maximum Gasteiger partial charge on any atom is 0.245 e. The van der Waals surface area contributed by atoms with Crippen LogP contribution in [0.5, 0.6) is 0 Å². The van der Waals surface area contributed by atoms with E-state index in [9.17, 15) is 9.59 Å². The summed E-state index contributed by atoms with van der Waals surface area (Å²) in [4.78, 5) is 32.9. The van der Waals surface area contributed by atoms with Crippen LogP contribution in [0.4, 0.5) is 0 Å². The zero-order chi connectivity index (χ0) is 22.9. The summed E-state index contributed by atoms with van der Waals surface area (Å²) in [5, 5.41) is 0.110. The number of amides is 2. The first kappa shape index (κ1) is 22.7. The van der Waals surface area contributed by atoms with Gasteiger partial charge in [0.25, 0.3) is 0 Å². The van der Waals surface area contributed by atoms with Gasteiger partial charge in [-0.2, -0.15) is 0 Å². The average Bonchev–Trinajstić information content (AvgIpc) is 2.97. The molecule has 1 aromatic rings. The summed E-state index contributed by atoms with van der Waals surface area (Å²) in [6.07, 6.45) is 10.7. The van der Waals surface area contributed by atoms with Crippen molar-refractivity contribution in [2.45, 2.75) is 63.0 Å². The van der Waals surface area contributed by atoms with Crippen LogP contribution in [0.2, 0.25) is 0 Å². The quantitative estimate of drug-likeness (QED) is 0.617. The van der Waals surface area contributed by atoms with Gasteiger partial charge in [-0.3, -0.25) is 14.5 Å². The molecule has 1 aliphatic carbocycles. The summed E-state index contributed by atoms with van der Waals surface area (Å²) < 4.78 is 0. The largest absolute Gasteiger partial charge is 0.336 e. The molecule has 0 radical (unpaired) electrons. The summed E-state index contributed by atoms with van der Waals surface area (Å²) in [5.41, 5.74) is 3.62. The summed E-state index contributed by atoms with van der Waals surface area (Å²) in [6.45, 7) is 6.28. The predicted molar refractivity (Wildman–Crippen MR) is 131 cm³/mol. The zero-order valence-corrected chi connectivity index (χ0v) is 20.2. The number of halogens is 1. The molecule has 2 amide bonds. The second-order valence-electron chi connectivity index (χ2n) is 10.2. The number of carbonyl (C=O) groups excluding carboxylic acids is 2. The molecule has 0 N–H and O–H groups in total. The van der Waals surface area contributed by atoms with E-state index in [-0.39, 0.29) is 29.3 Å². The van der Waals surface area contributed by atoms with E-state index in [1.165, 1.54) is 17.6 Å². The molecule has 5 aliphatic rings. The number of carbonyl (C=O) groups is 2. The number of nitrogens with zero attached hydrogens (tertiary/aromatic N) is 3. The highest BCUT2D eigenvalue weighted by atomic mass is 35.5. The zero-order valence-electron chi connectivity index (χ0n) is 19.5. The van der Waals surface area contributed by atoms with Crippen molar-refractivity contribution in [3.05, 3.63) is 59.2 Å². The van der Waals surface area contributed by atoms with Crippen molar-refractivity contribution in [2.75, 3.05) is 26.2 Å². The lowest BCUT2D eigenvalue weighted by atomic mass is 9.94. The highest BCUT2D eigenvalue weighted by Crippen LogP contribution is 2.32. The maximum absolute atomic E-state index is 13.8. The number of hydrogen-bond acceptors (Lipinski definition) is 3. The Labute approximate surface area is 202 Å². The monoisotopic (exact) mass is 467 g/mol. The Morgan fingerprint density at radius 3 is 2.64 bits per heavy atom. The van der Waals surface area contributed by atoms with E-state index < -0.39 is 0 Å². The van der Waals surface area contributed by atoms with Crippen LogP contribution in [0.15, 0.2) is 48.1 Å². The first-order valence-electron chi connectivity index (χ1n) is 12.4. The van der Waals surface area contributed by atoms with Gasteiger partial charge < -0.3 is 9.80 Å². The molecule has 4 saturated heterocycles. The third-order valence-corrected chi connectivity index (χ3v) is 8.01. The molecule has 6 rings (SSSR count). The van der Waals surface area contributed by atoms with Crippen LogP contribution < -0.4 is 0 Å². The number of piperidine rings is 1. The van der Waals surface area contributed by atoms with Gasteiger partial charge in [-0.1, -0.05) is 48.1 Å². The van der Waals surface area contributed by atoms with Crippen molar-refractivity contribution in [1.29, 1.82) is 0 Å². The van der Waals surface area contributed by atoms with E-state index in [0.29, 0.717) is 25.3 Å². The number of aryl methyl sites for hydroxylation is 1. The maximum atomic E-state index is 13.8. The van der Waals surface area contributed by atoms with Gasteiger partial charge in [0.2, 0.25) is 11.8 Å². The summed E-state index contributed by atoms with van der Waals surface area (Å²) >= 11 is 6.19. The Hall–Kier alpha value is -2.11. The molecule has 1 aromatic carbocycles. The van der Waals surface area contributed by atoms with Crippen molar-refractivity contribution in [2.24, 2.45) is 5.92 Å². The standard InChI is InChI=1S/C27H34ClN3O2/c1-19-2-4-21(5-3-19)16-31-25(12-13-26(31)32)27(33)30-17-22-8-11-24(30)18-29(15-22)14-20-6-9-23(28)10-7-20/h2-7,9,22-25H,8,10-18H2,1H3. The predicted octanol–water partition coefficient (Wildman–Crippen LogP) is 3.90.